The second-order valence-electron chi connectivity index (χ2n) is 9.54. The Morgan fingerprint density at radius 3 is 2.39 bits per heavy atom. The predicted octanol–water partition coefficient (Wildman–Crippen LogP) is 4.02. The van der Waals surface area contributed by atoms with Crippen molar-refractivity contribution in [2.45, 2.75) is 64.1 Å². The topological polar surface area (TPSA) is 104 Å². The van der Waals surface area contributed by atoms with Crippen LogP contribution < -0.4 is 9.47 Å². The summed E-state index contributed by atoms with van der Waals surface area (Å²) in [6.45, 7) is 4.89. The van der Waals surface area contributed by atoms with Crippen molar-refractivity contribution in [1.29, 1.82) is 0 Å². The maximum Gasteiger partial charge on any atom is 0.345 e. The Kier molecular flexibility index (Phi) is 8.99. The minimum atomic E-state index is -1.02. The fraction of sp³-hybridized carbons (Fsp3) is 0.448. The molecule has 2 unspecified atom stereocenters. The summed E-state index contributed by atoms with van der Waals surface area (Å²) >= 11 is 0. The van der Waals surface area contributed by atoms with Gasteiger partial charge in [-0.3, -0.25) is 19.7 Å². The Morgan fingerprint density at radius 2 is 1.74 bits per heavy atom. The molecule has 2 aliphatic rings. The first kappa shape index (κ1) is 27.2. The number of rotatable bonds is 13. The molecule has 2 aliphatic heterocycles. The van der Waals surface area contributed by atoms with Crippen molar-refractivity contribution in [2.75, 3.05) is 20.2 Å². The summed E-state index contributed by atoms with van der Waals surface area (Å²) in [7, 11) is 1.84. The van der Waals surface area contributed by atoms with Gasteiger partial charge >= 0.3 is 5.97 Å². The van der Waals surface area contributed by atoms with E-state index in [4.69, 9.17) is 14.5 Å². The number of benzene rings is 2. The standard InChI is InChI=1S/C29H36N4O5/c1-4-9-23-26-27(32(3)31-23)28(34)33(25(30-26)10-5-2)17-18-37-21-15-13-20(14-16-21)19-24(29(35)36)38-22-11-7-6-8-12-22/h6-8,11-16,24,26-27H,4-5,9-10,17-19H2,1-3H3,(H,35,36)/t24-,26?,27?/m1/s1. The number of amidine groups is 1. The summed E-state index contributed by atoms with van der Waals surface area (Å²) in [5.41, 5.74) is 1.81. The number of fused-ring (bicyclic) bond motifs is 1. The molecule has 0 fully saturated rings. The molecule has 2 heterocycles. The van der Waals surface area contributed by atoms with Crippen LogP contribution in [0.5, 0.6) is 11.5 Å². The first-order valence-corrected chi connectivity index (χ1v) is 13.3. The number of amides is 1. The number of aliphatic imine (C=N–C) groups is 1. The van der Waals surface area contributed by atoms with Crippen LogP contribution in [0.15, 0.2) is 64.7 Å². The number of carboxylic acids is 1. The van der Waals surface area contributed by atoms with Crippen LogP contribution in [0, 0.1) is 0 Å². The molecule has 2 aromatic carbocycles. The zero-order chi connectivity index (χ0) is 27.1. The van der Waals surface area contributed by atoms with Crippen LogP contribution in [-0.2, 0) is 16.0 Å². The number of carbonyl (C=O) groups is 2. The van der Waals surface area contributed by atoms with Crippen LogP contribution in [0.4, 0.5) is 0 Å². The number of para-hydroxylation sites is 1. The maximum absolute atomic E-state index is 13.4. The molecule has 2 aromatic rings. The summed E-state index contributed by atoms with van der Waals surface area (Å²) in [6, 6.07) is 15.6. The van der Waals surface area contributed by atoms with E-state index >= 15 is 0 Å². The molecule has 0 aliphatic carbocycles. The number of carbonyl (C=O) groups excluding carboxylic acids is 1. The van der Waals surface area contributed by atoms with Gasteiger partial charge in [-0.05, 0) is 42.7 Å². The van der Waals surface area contributed by atoms with E-state index in [1.807, 2.05) is 37.4 Å². The van der Waals surface area contributed by atoms with Crippen molar-refractivity contribution in [2.24, 2.45) is 10.1 Å². The van der Waals surface area contributed by atoms with Crippen molar-refractivity contribution in [1.82, 2.24) is 9.91 Å². The minimum Gasteiger partial charge on any atom is -0.492 e. The molecule has 0 radical (unpaired) electrons. The van der Waals surface area contributed by atoms with Gasteiger partial charge in [0.05, 0.1) is 12.3 Å². The van der Waals surface area contributed by atoms with Gasteiger partial charge in [0, 0.05) is 19.9 Å². The first-order valence-electron chi connectivity index (χ1n) is 13.3. The number of hydrogen-bond acceptors (Lipinski definition) is 7. The number of carboxylic acid groups (broad SMARTS) is 1. The lowest BCUT2D eigenvalue weighted by molar-refractivity contribution is -0.145. The lowest BCUT2D eigenvalue weighted by Gasteiger charge is -2.35. The second kappa shape index (κ2) is 12.6. The molecule has 1 N–H and O–H groups in total. The quantitative estimate of drug-likeness (QED) is 0.428. The summed E-state index contributed by atoms with van der Waals surface area (Å²) in [6.07, 6.45) is 2.65. The number of hydrogen-bond donors (Lipinski definition) is 1. The number of likely N-dealkylation sites (N-methyl/N-ethyl adjacent to an activating group) is 1. The van der Waals surface area contributed by atoms with Gasteiger partial charge < -0.3 is 14.6 Å². The lowest BCUT2D eigenvalue weighted by atomic mass is 9.98. The molecular formula is C29H36N4O5. The largest absolute Gasteiger partial charge is 0.492 e. The number of hydrazone groups is 1. The van der Waals surface area contributed by atoms with Crippen molar-refractivity contribution in [3.8, 4) is 11.5 Å². The van der Waals surface area contributed by atoms with E-state index in [2.05, 4.69) is 18.9 Å². The fourth-order valence-corrected chi connectivity index (χ4v) is 4.82. The highest BCUT2D eigenvalue weighted by Crippen LogP contribution is 2.27. The third-order valence-electron chi connectivity index (χ3n) is 6.65. The van der Waals surface area contributed by atoms with Crippen LogP contribution in [0.25, 0.3) is 0 Å². The van der Waals surface area contributed by atoms with Crippen LogP contribution in [0.3, 0.4) is 0 Å². The molecule has 9 nitrogen and oxygen atoms in total. The molecule has 0 saturated carbocycles. The third kappa shape index (κ3) is 6.33. The molecule has 0 spiro atoms. The van der Waals surface area contributed by atoms with Crippen molar-refractivity contribution in [3.63, 3.8) is 0 Å². The van der Waals surface area contributed by atoms with Crippen molar-refractivity contribution in [3.05, 3.63) is 60.2 Å². The van der Waals surface area contributed by atoms with E-state index in [1.165, 1.54) is 0 Å². The van der Waals surface area contributed by atoms with Gasteiger partial charge in [-0.25, -0.2) is 4.79 Å². The van der Waals surface area contributed by atoms with E-state index in [0.29, 0.717) is 24.7 Å². The molecule has 9 heteroatoms. The van der Waals surface area contributed by atoms with Crippen LogP contribution >= 0.6 is 0 Å². The molecule has 0 aromatic heterocycles. The van der Waals surface area contributed by atoms with Crippen LogP contribution in [0.2, 0.25) is 0 Å². The minimum absolute atomic E-state index is 0.0166. The molecular weight excluding hydrogens is 484 g/mol. The van der Waals surface area contributed by atoms with Gasteiger partial charge in [0.1, 0.15) is 30.0 Å². The Hall–Kier alpha value is -3.88. The highest BCUT2D eigenvalue weighted by atomic mass is 16.5. The van der Waals surface area contributed by atoms with Gasteiger partial charge in [-0.1, -0.05) is 50.6 Å². The highest BCUT2D eigenvalue weighted by Gasteiger charge is 2.46. The average Bonchev–Trinajstić information content (AvgIpc) is 3.22. The Bertz CT molecular complexity index is 1170. The zero-order valence-corrected chi connectivity index (χ0v) is 22.2. The SMILES string of the molecule is CCCC1=NN(C)C2C(=O)N(CCOc3ccc(C[C@@H](Oc4ccccc4)C(=O)O)cc3)C(CCC)=NC12. The van der Waals surface area contributed by atoms with E-state index in [-0.39, 0.29) is 18.4 Å². The smallest absolute Gasteiger partial charge is 0.345 e. The molecule has 0 bridgehead atoms. The maximum atomic E-state index is 13.4. The number of ether oxygens (including phenoxy) is 2. The van der Waals surface area contributed by atoms with E-state index in [1.54, 1.807) is 34.2 Å². The fourth-order valence-electron chi connectivity index (χ4n) is 4.82. The normalized spacial score (nSPS) is 19.5. The Morgan fingerprint density at radius 1 is 1.03 bits per heavy atom. The average molecular weight is 521 g/mol. The van der Waals surface area contributed by atoms with E-state index in [9.17, 15) is 14.7 Å². The van der Waals surface area contributed by atoms with Crippen LogP contribution in [0.1, 0.15) is 45.1 Å². The molecule has 38 heavy (non-hydrogen) atoms. The zero-order valence-electron chi connectivity index (χ0n) is 22.2. The third-order valence-corrected chi connectivity index (χ3v) is 6.65. The van der Waals surface area contributed by atoms with Crippen molar-refractivity contribution < 1.29 is 24.2 Å². The molecule has 1 amide bonds. The predicted molar refractivity (Wildman–Crippen MR) is 146 cm³/mol. The van der Waals surface area contributed by atoms with Crippen LogP contribution in [-0.4, -0.2) is 76.8 Å². The van der Waals surface area contributed by atoms with E-state index in [0.717, 1.165) is 42.8 Å². The second-order valence-corrected chi connectivity index (χ2v) is 9.54. The van der Waals surface area contributed by atoms with Gasteiger partial charge in [0.15, 0.2) is 12.1 Å². The number of aliphatic carboxylic acids is 1. The highest BCUT2D eigenvalue weighted by molar-refractivity contribution is 6.09. The summed E-state index contributed by atoms with van der Waals surface area (Å²) in [5, 5.41) is 15.9. The summed E-state index contributed by atoms with van der Waals surface area (Å²) in [4.78, 5) is 31.9. The van der Waals surface area contributed by atoms with E-state index < -0.39 is 18.1 Å². The lowest BCUT2D eigenvalue weighted by Crippen LogP contribution is -2.56. The monoisotopic (exact) mass is 520 g/mol. The van der Waals surface area contributed by atoms with Gasteiger partial charge in [0.25, 0.3) is 5.91 Å². The van der Waals surface area contributed by atoms with Gasteiger partial charge in [0.2, 0.25) is 0 Å². The summed E-state index contributed by atoms with van der Waals surface area (Å²) in [5.74, 6) is 0.957. The molecule has 4 rings (SSSR count). The first-order chi connectivity index (χ1) is 18.4. The van der Waals surface area contributed by atoms with Gasteiger partial charge in [-0.15, -0.1) is 0 Å². The molecule has 0 saturated heterocycles. The molecule has 202 valence electrons. The Labute approximate surface area is 223 Å². The van der Waals surface area contributed by atoms with Crippen molar-refractivity contribution >= 4 is 23.4 Å². The Balaban J connectivity index is 1.35. The summed E-state index contributed by atoms with van der Waals surface area (Å²) < 4.78 is 11.6. The molecule has 3 atom stereocenters. The number of nitrogens with zero attached hydrogens (tertiary/aromatic N) is 4. The van der Waals surface area contributed by atoms with Gasteiger partial charge in [-0.2, -0.15) is 5.10 Å².